The Kier molecular flexibility index (Phi) is 5.79. The van der Waals surface area contributed by atoms with Crippen molar-refractivity contribution in [3.05, 3.63) is 35.6 Å². The molecule has 0 unspecified atom stereocenters. The SMILES string of the molecule is CC(C)CS(=O)(=O)C1CCN(C(=O)Cc2ccc(F)cc2)CC1. The van der Waals surface area contributed by atoms with Crippen LogP contribution in [0.2, 0.25) is 0 Å². The summed E-state index contributed by atoms with van der Waals surface area (Å²) < 4.78 is 37.4. The van der Waals surface area contributed by atoms with Gasteiger partial charge in [0.05, 0.1) is 17.4 Å². The zero-order chi connectivity index (χ0) is 17.0. The molecular weight excluding hydrogens is 317 g/mol. The number of benzene rings is 1. The molecule has 4 nitrogen and oxygen atoms in total. The van der Waals surface area contributed by atoms with Crippen LogP contribution in [0.3, 0.4) is 0 Å². The second kappa shape index (κ2) is 7.43. The van der Waals surface area contributed by atoms with E-state index in [2.05, 4.69) is 0 Å². The van der Waals surface area contributed by atoms with Gasteiger partial charge in [0.2, 0.25) is 5.91 Å². The quantitative estimate of drug-likeness (QED) is 0.826. The Labute approximate surface area is 137 Å². The van der Waals surface area contributed by atoms with Crippen molar-refractivity contribution in [2.75, 3.05) is 18.8 Å². The van der Waals surface area contributed by atoms with Gasteiger partial charge in [0.1, 0.15) is 5.82 Å². The van der Waals surface area contributed by atoms with Crippen molar-refractivity contribution in [1.82, 2.24) is 4.90 Å². The lowest BCUT2D eigenvalue weighted by Gasteiger charge is -2.32. The normalized spacial score (nSPS) is 16.8. The average molecular weight is 341 g/mol. The predicted octanol–water partition coefficient (Wildman–Crippen LogP) is 2.43. The number of piperidine rings is 1. The minimum absolute atomic E-state index is 0.0312. The fourth-order valence-electron chi connectivity index (χ4n) is 2.95. The van der Waals surface area contributed by atoms with Crippen molar-refractivity contribution in [3.8, 4) is 0 Å². The minimum atomic E-state index is -3.08. The molecule has 0 aliphatic carbocycles. The van der Waals surface area contributed by atoms with E-state index in [9.17, 15) is 17.6 Å². The molecule has 0 aromatic heterocycles. The third-order valence-corrected chi connectivity index (χ3v) is 6.76. The number of hydrogen-bond acceptors (Lipinski definition) is 3. The summed E-state index contributed by atoms with van der Waals surface area (Å²) in [5, 5.41) is -0.334. The molecule has 1 saturated heterocycles. The summed E-state index contributed by atoms with van der Waals surface area (Å²) in [6.45, 7) is 4.75. The van der Waals surface area contributed by atoms with Crippen LogP contribution >= 0.6 is 0 Å². The molecule has 128 valence electrons. The van der Waals surface area contributed by atoms with E-state index in [4.69, 9.17) is 0 Å². The number of carbonyl (C=O) groups is 1. The fraction of sp³-hybridized carbons (Fsp3) is 0.588. The molecule has 1 heterocycles. The van der Waals surface area contributed by atoms with E-state index < -0.39 is 9.84 Å². The smallest absolute Gasteiger partial charge is 0.226 e. The summed E-state index contributed by atoms with van der Waals surface area (Å²) in [4.78, 5) is 14.0. The fourth-order valence-corrected chi connectivity index (χ4v) is 5.08. The number of carbonyl (C=O) groups excluding carboxylic acids is 1. The van der Waals surface area contributed by atoms with Gasteiger partial charge in [-0.3, -0.25) is 4.79 Å². The van der Waals surface area contributed by atoms with Gasteiger partial charge in [-0.25, -0.2) is 12.8 Å². The first kappa shape index (κ1) is 17.9. The average Bonchev–Trinajstić information content (AvgIpc) is 2.48. The Morgan fingerprint density at radius 3 is 2.30 bits per heavy atom. The summed E-state index contributed by atoms with van der Waals surface area (Å²) in [6, 6.07) is 5.89. The van der Waals surface area contributed by atoms with Crippen LogP contribution in [0.25, 0.3) is 0 Å². The standard InChI is InChI=1S/C17H24FNO3S/c1-13(2)12-23(21,22)16-7-9-19(10-8-16)17(20)11-14-3-5-15(18)6-4-14/h3-6,13,16H,7-12H2,1-2H3. The molecule has 1 fully saturated rings. The second-order valence-corrected chi connectivity index (χ2v) is 8.93. The molecule has 1 amide bonds. The Bertz CT molecular complexity index is 632. The van der Waals surface area contributed by atoms with Crippen LogP contribution < -0.4 is 0 Å². The topological polar surface area (TPSA) is 54.5 Å². The molecule has 6 heteroatoms. The van der Waals surface area contributed by atoms with Gasteiger partial charge in [-0.2, -0.15) is 0 Å². The van der Waals surface area contributed by atoms with E-state index in [1.165, 1.54) is 12.1 Å². The lowest BCUT2D eigenvalue weighted by atomic mass is 10.1. The summed E-state index contributed by atoms with van der Waals surface area (Å²) in [5.74, 6) is -0.0203. The van der Waals surface area contributed by atoms with E-state index in [-0.39, 0.29) is 35.1 Å². The minimum Gasteiger partial charge on any atom is -0.342 e. The maximum atomic E-state index is 12.9. The van der Waals surface area contributed by atoms with Gasteiger partial charge in [0, 0.05) is 13.1 Å². The van der Waals surface area contributed by atoms with Crippen LogP contribution in [0, 0.1) is 11.7 Å². The lowest BCUT2D eigenvalue weighted by molar-refractivity contribution is -0.131. The maximum absolute atomic E-state index is 12.9. The van der Waals surface area contributed by atoms with Crippen molar-refractivity contribution in [2.24, 2.45) is 5.92 Å². The van der Waals surface area contributed by atoms with Gasteiger partial charge in [-0.05, 0) is 36.5 Å². The summed E-state index contributed by atoms with van der Waals surface area (Å²) in [6.07, 6.45) is 1.23. The van der Waals surface area contributed by atoms with Gasteiger partial charge >= 0.3 is 0 Å². The molecule has 1 aliphatic heterocycles. The molecule has 0 bridgehead atoms. The molecule has 2 rings (SSSR count). The van der Waals surface area contributed by atoms with Crippen molar-refractivity contribution in [1.29, 1.82) is 0 Å². The van der Waals surface area contributed by atoms with E-state index in [0.29, 0.717) is 25.9 Å². The van der Waals surface area contributed by atoms with Crippen LogP contribution in [0.15, 0.2) is 24.3 Å². The van der Waals surface area contributed by atoms with E-state index in [1.54, 1.807) is 17.0 Å². The van der Waals surface area contributed by atoms with Crippen LogP contribution in [0.5, 0.6) is 0 Å². The highest BCUT2D eigenvalue weighted by molar-refractivity contribution is 7.92. The summed E-state index contributed by atoms with van der Waals surface area (Å²) in [5.41, 5.74) is 0.769. The Hall–Kier alpha value is -1.43. The molecule has 0 radical (unpaired) electrons. The number of likely N-dealkylation sites (tertiary alicyclic amines) is 1. The molecule has 0 N–H and O–H groups in total. The van der Waals surface area contributed by atoms with Gasteiger partial charge in [-0.15, -0.1) is 0 Å². The number of sulfone groups is 1. The summed E-state index contributed by atoms with van der Waals surface area (Å²) >= 11 is 0. The van der Waals surface area contributed by atoms with Gasteiger partial charge in [0.25, 0.3) is 0 Å². The van der Waals surface area contributed by atoms with Crippen molar-refractivity contribution >= 4 is 15.7 Å². The maximum Gasteiger partial charge on any atom is 0.226 e. The van der Waals surface area contributed by atoms with Crippen molar-refractivity contribution < 1.29 is 17.6 Å². The molecule has 23 heavy (non-hydrogen) atoms. The first-order valence-corrected chi connectivity index (χ1v) is 9.73. The number of nitrogens with zero attached hydrogens (tertiary/aromatic N) is 1. The van der Waals surface area contributed by atoms with Gasteiger partial charge < -0.3 is 4.90 Å². The first-order valence-electron chi connectivity index (χ1n) is 8.01. The van der Waals surface area contributed by atoms with Crippen LogP contribution in [0.4, 0.5) is 4.39 Å². The molecule has 0 spiro atoms. The lowest BCUT2D eigenvalue weighted by Crippen LogP contribution is -2.43. The van der Waals surface area contributed by atoms with E-state index in [1.807, 2.05) is 13.8 Å². The van der Waals surface area contributed by atoms with E-state index >= 15 is 0 Å². The number of halogens is 1. The van der Waals surface area contributed by atoms with Crippen LogP contribution in [-0.2, 0) is 21.1 Å². The highest BCUT2D eigenvalue weighted by Crippen LogP contribution is 2.21. The highest BCUT2D eigenvalue weighted by atomic mass is 32.2. The number of amides is 1. The molecule has 1 aliphatic rings. The van der Waals surface area contributed by atoms with E-state index in [0.717, 1.165) is 5.56 Å². The first-order chi connectivity index (χ1) is 10.8. The van der Waals surface area contributed by atoms with Crippen LogP contribution in [0.1, 0.15) is 32.3 Å². The zero-order valence-electron chi connectivity index (χ0n) is 13.7. The van der Waals surface area contributed by atoms with Gasteiger partial charge in [0.15, 0.2) is 9.84 Å². The Morgan fingerprint density at radius 2 is 1.78 bits per heavy atom. The number of hydrogen-bond donors (Lipinski definition) is 0. The predicted molar refractivity (Wildman–Crippen MR) is 88.3 cm³/mol. The highest BCUT2D eigenvalue weighted by Gasteiger charge is 2.31. The second-order valence-electron chi connectivity index (χ2n) is 6.61. The van der Waals surface area contributed by atoms with Gasteiger partial charge in [-0.1, -0.05) is 26.0 Å². The molecule has 1 aromatic carbocycles. The molecular formula is C17H24FNO3S. The molecule has 0 saturated carbocycles. The Balaban J connectivity index is 1.88. The number of rotatable bonds is 5. The largest absolute Gasteiger partial charge is 0.342 e. The molecule has 0 atom stereocenters. The zero-order valence-corrected chi connectivity index (χ0v) is 14.5. The molecule has 1 aromatic rings. The third kappa shape index (κ3) is 5.03. The van der Waals surface area contributed by atoms with Crippen molar-refractivity contribution in [3.63, 3.8) is 0 Å². The van der Waals surface area contributed by atoms with Crippen LogP contribution in [-0.4, -0.2) is 43.3 Å². The third-order valence-electron chi connectivity index (χ3n) is 4.14. The van der Waals surface area contributed by atoms with Crippen molar-refractivity contribution in [2.45, 2.75) is 38.4 Å². The Morgan fingerprint density at radius 1 is 1.22 bits per heavy atom. The summed E-state index contributed by atoms with van der Waals surface area (Å²) in [7, 11) is -3.08. The monoisotopic (exact) mass is 341 g/mol.